The van der Waals surface area contributed by atoms with E-state index in [1.807, 2.05) is 24.3 Å². The van der Waals surface area contributed by atoms with Crippen molar-refractivity contribution in [2.75, 3.05) is 37.2 Å². The van der Waals surface area contributed by atoms with Crippen LogP contribution >= 0.6 is 0 Å². The number of ether oxygens (including phenoxy) is 2. The molecule has 10 nitrogen and oxygen atoms in total. The highest BCUT2D eigenvalue weighted by atomic mass is 16.5. The number of rotatable bonds is 9. The van der Waals surface area contributed by atoms with Gasteiger partial charge in [-0.3, -0.25) is 4.79 Å². The molecule has 172 valence electrons. The maximum Gasteiger partial charge on any atom is 0.340 e. The summed E-state index contributed by atoms with van der Waals surface area (Å²) in [4.78, 5) is 39.0. The summed E-state index contributed by atoms with van der Waals surface area (Å²) in [6.45, 7) is -0.188. The molecular formula is C23H26N6O4. The largest absolute Gasteiger partial charge is 0.497 e. The lowest BCUT2D eigenvalue weighted by atomic mass is 10.1. The maximum absolute atomic E-state index is 12.7. The molecule has 3 N–H and O–H groups in total. The van der Waals surface area contributed by atoms with E-state index < -0.39 is 5.97 Å². The van der Waals surface area contributed by atoms with E-state index in [2.05, 4.69) is 20.3 Å². The van der Waals surface area contributed by atoms with E-state index in [9.17, 15) is 9.59 Å². The Morgan fingerprint density at radius 1 is 1.03 bits per heavy atom. The van der Waals surface area contributed by atoms with Gasteiger partial charge in [-0.2, -0.15) is 15.0 Å². The van der Waals surface area contributed by atoms with Gasteiger partial charge in [0.05, 0.1) is 18.4 Å². The average Bonchev–Trinajstić information content (AvgIpc) is 2.81. The number of benzene rings is 2. The fourth-order valence-corrected chi connectivity index (χ4v) is 2.93. The number of nitrogens with zero attached hydrogens (tertiary/aromatic N) is 4. The molecule has 3 rings (SSSR count). The van der Waals surface area contributed by atoms with E-state index in [-0.39, 0.29) is 36.3 Å². The normalized spacial score (nSPS) is 10.4. The number of nitrogen functional groups attached to an aromatic ring is 1. The minimum Gasteiger partial charge on any atom is -0.497 e. The Morgan fingerprint density at radius 3 is 2.45 bits per heavy atom. The van der Waals surface area contributed by atoms with E-state index in [0.717, 1.165) is 11.3 Å². The van der Waals surface area contributed by atoms with Gasteiger partial charge >= 0.3 is 5.97 Å². The molecule has 0 fully saturated rings. The standard InChI is InChI=1S/C23H26N6O4/c1-29(2)23-27-19(26-22(24)28-23)14-33-21(31)17-6-4-5-7-18(17)25-20(30)13-10-15-8-11-16(32-3)12-9-15/h4-9,11-12H,10,13-14H2,1-3H3,(H,25,30)(H2,24,26,27,28). The van der Waals surface area contributed by atoms with E-state index in [1.165, 1.54) is 0 Å². The van der Waals surface area contributed by atoms with Crippen molar-refractivity contribution >= 4 is 29.5 Å². The molecule has 0 unspecified atom stereocenters. The summed E-state index contributed by atoms with van der Waals surface area (Å²) in [6, 6.07) is 14.2. The summed E-state index contributed by atoms with van der Waals surface area (Å²) in [7, 11) is 5.13. The molecule has 0 aliphatic heterocycles. The zero-order valence-electron chi connectivity index (χ0n) is 18.7. The molecule has 1 heterocycles. The van der Waals surface area contributed by atoms with Gasteiger partial charge in [0, 0.05) is 20.5 Å². The number of hydrogen-bond acceptors (Lipinski definition) is 9. The first-order valence-electron chi connectivity index (χ1n) is 10.2. The fourth-order valence-electron chi connectivity index (χ4n) is 2.93. The maximum atomic E-state index is 12.7. The summed E-state index contributed by atoms with van der Waals surface area (Å²) < 4.78 is 10.5. The number of nitrogens with one attached hydrogen (secondary N) is 1. The molecule has 0 saturated carbocycles. The first-order chi connectivity index (χ1) is 15.9. The Hall–Kier alpha value is -4.21. The highest BCUT2D eigenvalue weighted by Gasteiger charge is 2.16. The lowest BCUT2D eigenvalue weighted by Crippen LogP contribution is -2.18. The first kappa shape index (κ1) is 23.5. The third-order valence-electron chi connectivity index (χ3n) is 4.64. The number of anilines is 3. The molecule has 10 heteroatoms. The van der Waals surface area contributed by atoms with Crippen molar-refractivity contribution in [3.05, 3.63) is 65.5 Å². The molecule has 0 saturated heterocycles. The summed E-state index contributed by atoms with van der Waals surface area (Å²) in [5.74, 6) is 0.537. The predicted octanol–water partition coefficient (Wildman–Crippen LogP) is 2.46. The topological polar surface area (TPSA) is 133 Å². The highest BCUT2D eigenvalue weighted by Crippen LogP contribution is 2.18. The van der Waals surface area contributed by atoms with Crippen LogP contribution in [0.15, 0.2) is 48.5 Å². The van der Waals surface area contributed by atoms with Gasteiger partial charge in [0.15, 0.2) is 12.4 Å². The summed E-state index contributed by atoms with van der Waals surface area (Å²) in [6.07, 6.45) is 0.810. The minimum absolute atomic E-state index is 0.0317. The van der Waals surface area contributed by atoms with Gasteiger partial charge in [-0.05, 0) is 36.2 Å². The number of aryl methyl sites for hydroxylation is 1. The van der Waals surface area contributed by atoms with Gasteiger partial charge in [0.25, 0.3) is 0 Å². The number of methoxy groups -OCH3 is 1. The van der Waals surface area contributed by atoms with E-state index >= 15 is 0 Å². The number of amides is 1. The van der Waals surface area contributed by atoms with E-state index in [1.54, 1.807) is 50.4 Å². The molecule has 2 aromatic carbocycles. The van der Waals surface area contributed by atoms with Gasteiger partial charge in [-0.15, -0.1) is 0 Å². The first-order valence-corrected chi connectivity index (χ1v) is 10.2. The van der Waals surface area contributed by atoms with Crippen LogP contribution in [0.4, 0.5) is 17.6 Å². The third kappa shape index (κ3) is 6.63. The lowest BCUT2D eigenvalue weighted by molar-refractivity contribution is -0.116. The number of carbonyl (C=O) groups excluding carboxylic acids is 2. The van der Waals surface area contributed by atoms with Gasteiger partial charge < -0.3 is 25.4 Å². The molecule has 0 aliphatic rings. The van der Waals surface area contributed by atoms with Crippen LogP contribution in [0, 0.1) is 0 Å². The van der Waals surface area contributed by atoms with Crippen molar-refractivity contribution in [3.63, 3.8) is 0 Å². The molecule has 0 radical (unpaired) electrons. The van der Waals surface area contributed by atoms with Crippen LogP contribution < -0.4 is 20.7 Å². The minimum atomic E-state index is -0.619. The lowest BCUT2D eigenvalue weighted by Gasteiger charge is -2.13. The molecule has 0 spiro atoms. The van der Waals surface area contributed by atoms with Crippen LogP contribution in [0.1, 0.15) is 28.2 Å². The number of para-hydroxylation sites is 1. The van der Waals surface area contributed by atoms with Crippen LogP contribution in [-0.2, 0) is 22.6 Å². The van der Waals surface area contributed by atoms with Crippen LogP contribution in [0.25, 0.3) is 0 Å². The molecule has 3 aromatic rings. The van der Waals surface area contributed by atoms with Crippen LogP contribution in [0.5, 0.6) is 5.75 Å². The van der Waals surface area contributed by atoms with E-state index in [4.69, 9.17) is 15.2 Å². The quantitative estimate of drug-likeness (QED) is 0.472. The van der Waals surface area contributed by atoms with Crippen molar-refractivity contribution in [3.8, 4) is 5.75 Å². The Bertz CT molecular complexity index is 1120. The molecule has 0 bridgehead atoms. The van der Waals surface area contributed by atoms with Crippen LogP contribution in [0.2, 0.25) is 0 Å². The SMILES string of the molecule is COc1ccc(CCC(=O)Nc2ccccc2C(=O)OCc2nc(N)nc(N(C)C)n2)cc1. The van der Waals surface area contributed by atoms with Crippen molar-refractivity contribution < 1.29 is 19.1 Å². The summed E-state index contributed by atoms with van der Waals surface area (Å²) >= 11 is 0. The predicted molar refractivity (Wildman–Crippen MR) is 124 cm³/mol. The second-order valence-corrected chi connectivity index (χ2v) is 7.32. The number of hydrogen-bond donors (Lipinski definition) is 2. The molecule has 1 amide bonds. The van der Waals surface area contributed by atoms with Crippen molar-refractivity contribution in [1.29, 1.82) is 0 Å². The van der Waals surface area contributed by atoms with Gasteiger partial charge in [0.1, 0.15) is 5.75 Å². The molecule has 0 aliphatic carbocycles. The Morgan fingerprint density at radius 2 is 1.76 bits per heavy atom. The van der Waals surface area contributed by atoms with Crippen molar-refractivity contribution in [2.24, 2.45) is 0 Å². The Kier molecular flexibility index (Phi) is 7.74. The zero-order valence-corrected chi connectivity index (χ0v) is 18.7. The van der Waals surface area contributed by atoms with Crippen LogP contribution in [0.3, 0.4) is 0 Å². The van der Waals surface area contributed by atoms with E-state index in [0.29, 0.717) is 18.1 Å². The zero-order chi connectivity index (χ0) is 23.8. The summed E-state index contributed by atoms with van der Waals surface area (Å²) in [5, 5.41) is 2.78. The van der Waals surface area contributed by atoms with Gasteiger partial charge in [0.2, 0.25) is 17.8 Å². The Labute approximate surface area is 191 Å². The second-order valence-electron chi connectivity index (χ2n) is 7.32. The molecule has 0 atom stereocenters. The number of carbonyl (C=O) groups is 2. The highest BCUT2D eigenvalue weighted by molar-refractivity contribution is 6.01. The number of nitrogens with two attached hydrogens (primary N) is 1. The molecule has 1 aromatic heterocycles. The van der Waals surface area contributed by atoms with Crippen molar-refractivity contribution in [2.45, 2.75) is 19.4 Å². The fraction of sp³-hybridized carbons (Fsp3) is 0.261. The molecule has 33 heavy (non-hydrogen) atoms. The summed E-state index contributed by atoms with van der Waals surface area (Å²) in [5.41, 5.74) is 7.30. The Balaban J connectivity index is 1.60. The number of aromatic nitrogens is 3. The van der Waals surface area contributed by atoms with Crippen LogP contribution in [-0.4, -0.2) is 48.0 Å². The van der Waals surface area contributed by atoms with Gasteiger partial charge in [-0.25, -0.2) is 4.79 Å². The van der Waals surface area contributed by atoms with Gasteiger partial charge in [-0.1, -0.05) is 24.3 Å². The third-order valence-corrected chi connectivity index (χ3v) is 4.64. The number of esters is 1. The second kappa shape index (κ2) is 10.9. The van der Waals surface area contributed by atoms with Crippen molar-refractivity contribution in [1.82, 2.24) is 15.0 Å². The average molecular weight is 450 g/mol. The monoisotopic (exact) mass is 450 g/mol. The molecular weight excluding hydrogens is 424 g/mol. The smallest absolute Gasteiger partial charge is 0.340 e.